The maximum Gasteiger partial charge on any atom is 0.190 e. The minimum absolute atomic E-state index is 0.0530. The summed E-state index contributed by atoms with van der Waals surface area (Å²) in [5, 5.41) is 23.3. The standard InChI is InChI=1S/C31H40O7/c1-9-10-17-11-18(14(2)3)19-12-29(7)13-30(8)22(15(4)5)25(34)20(16(6)32)27(36)31(30,38)28(37)23(29)26(35)21(19)24(17)33/h11,14-15,20,22-23,33,38H,9-10,12-13H2,1-8H3/t20?,22?,23?,29-,30-,31+/m1/s1. The molecule has 0 aromatic heterocycles. The van der Waals surface area contributed by atoms with Crippen LogP contribution in [-0.4, -0.2) is 44.7 Å². The monoisotopic (exact) mass is 524 g/mol. The van der Waals surface area contributed by atoms with Crippen LogP contribution in [0.3, 0.4) is 0 Å². The van der Waals surface area contributed by atoms with Gasteiger partial charge in [-0.15, -0.1) is 0 Å². The van der Waals surface area contributed by atoms with Crippen molar-refractivity contribution in [2.45, 2.75) is 92.6 Å². The van der Waals surface area contributed by atoms with Crippen LogP contribution in [0.5, 0.6) is 5.75 Å². The number of fused-ring (bicyclic) bond motifs is 3. The van der Waals surface area contributed by atoms with Crippen molar-refractivity contribution >= 4 is 28.9 Å². The zero-order chi connectivity index (χ0) is 28.7. The molecule has 0 bridgehead atoms. The fraction of sp³-hybridized carbons (Fsp3) is 0.645. The first-order chi connectivity index (χ1) is 17.5. The normalized spacial score (nSPS) is 34.9. The number of phenolic OH excluding ortho intramolecular Hbond substituents is 1. The molecule has 1 aromatic carbocycles. The summed E-state index contributed by atoms with van der Waals surface area (Å²) in [6, 6.07) is 1.95. The van der Waals surface area contributed by atoms with Crippen LogP contribution in [-0.2, 0) is 32.0 Å². The van der Waals surface area contributed by atoms with Crippen molar-refractivity contribution in [1.82, 2.24) is 0 Å². The maximum atomic E-state index is 14.3. The van der Waals surface area contributed by atoms with Gasteiger partial charge in [0.2, 0.25) is 0 Å². The Balaban J connectivity index is 2.01. The van der Waals surface area contributed by atoms with Crippen LogP contribution in [0.25, 0.3) is 0 Å². The Kier molecular flexibility index (Phi) is 6.66. The Morgan fingerprint density at radius 2 is 1.68 bits per heavy atom. The highest BCUT2D eigenvalue weighted by atomic mass is 16.3. The Morgan fingerprint density at radius 3 is 2.18 bits per heavy atom. The lowest BCUT2D eigenvalue weighted by Crippen LogP contribution is -2.76. The van der Waals surface area contributed by atoms with Crippen molar-refractivity contribution in [3.05, 3.63) is 28.3 Å². The molecule has 2 N–H and O–H groups in total. The zero-order valence-electron chi connectivity index (χ0n) is 23.7. The van der Waals surface area contributed by atoms with Gasteiger partial charge in [-0.3, -0.25) is 24.0 Å². The molecule has 2 fully saturated rings. The molecule has 6 atom stereocenters. The van der Waals surface area contributed by atoms with Crippen LogP contribution in [0.1, 0.15) is 101 Å². The highest BCUT2D eigenvalue weighted by Gasteiger charge is 2.76. The van der Waals surface area contributed by atoms with Gasteiger partial charge in [0.1, 0.15) is 17.5 Å². The number of carbonyl (C=O) groups is 5. The van der Waals surface area contributed by atoms with E-state index >= 15 is 0 Å². The van der Waals surface area contributed by atoms with E-state index in [1.165, 1.54) is 0 Å². The summed E-state index contributed by atoms with van der Waals surface area (Å²) in [4.78, 5) is 68.3. The summed E-state index contributed by atoms with van der Waals surface area (Å²) in [6.45, 7) is 14.1. The van der Waals surface area contributed by atoms with Crippen molar-refractivity contribution in [3.63, 3.8) is 0 Å². The fourth-order valence-electron chi connectivity index (χ4n) is 8.26. The van der Waals surface area contributed by atoms with Crippen molar-refractivity contribution in [1.29, 1.82) is 0 Å². The predicted octanol–water partition coefficient (Wildman–Crippen LogP) is 4.17. The average Bonchev–Trinajstić information content (AvgIpc) is 2.77. The van der Waals surface area contributed by atoms with Gasteiger partial charge < -0.3 is 10.2 Å². The molecule has 0 saturated heterocycles. The highest BCUT2D eigenvalue weighted by Crippen LogP contribution is 2.64. The number of phenols is 1. The molecule has 1 aromatic rings. The third-order valence-corrected chi connectivity index (χ3v) is 9.63. The smallest absolute Gasteiger partial charge is 0.190 e. The molecule has 0 amide bonds. The van der Waals surface area contributed by atoms with Crippen LogP contribution in [0.15, 0.2) is 6.07 Å². The van der Waals surface area contributed by atoms with E-state index in [1.807, 2.05) is 33.8 Å². The number of rotatable bonds is 5. The van der Waals surface area contributed by atoms with Gasteiger partial charge in [-0.1, -0.05) is 61.0 Å². The molecule has 2 saturated carbocycles. The first kappa shape index (κ1) is 28.3. The van der Waals surface area contributed by atoms with Gasteiger partial charge in [-0.25, -0.2) is 0 Å². The molecule has 7 heteroatoms. The molecule has 206 valence electrons. The van der Waals surface area contributed by atoms with E-state index in [4.69, 9.17) is 0 Å². The molecule has 3 unspecified atom stereocenters. The second-order valence-electron chi connectivity index (χ2n) is 13.1. The summed E-state index contributed by atoms with van der Waals surface area (Å²) in [5.41, 5.74) is -2.80. The van der Waals surface area contributed by atoms with E-state index in [2.05, 4.69) is 0 Å². The number of aromatic hydroxyl groups is 1. The minimum atomic E-state index is -2.67. The molecule has 0 radical (unpaired) electrons. The Morgan fingerprint density at radius 1 is 1.08 bits per heavy atom. The average molecular weight is 525 g/mol. The number of ketones is 5. The van der Waals surface area contributed by atoms with E-state index in [9.17, 15) is 34.2 Å². The summed E-state index contributed by atoms with van der Waals surface area (Å²) in [7, 11) is 0. The number of benzene rings is 1. The maximum absolute atomic E-state index is 14.3. The molecule has 0 aliphatic heterocycles. The van der Waals surface area contributed by atoms with Gasteiger partial charge in [-0.05, 0) is 60.1 Å². The first-order valence-electron chi connectivity index (χ1n) is 13.8. The lowest BCUT2D eigenvalue weighted by Gasteiger charge is -2.62. The molecule has 0 heterocycles. The molecule has 3 aliphatic carbocycles. The van der Waals surface area contributed by atoms with E-state index in [1.54, 1.807) is 20.8 Å². The van der Waals surface area contributed by atoms with E-state index in [0.717, 1.165) is 18.9 Å². The van der Waals surface area contributed by atoms with Gasteiger partial charge in [-0.2, -0.15) is 0 Å². The molecule has 38 heavy (non-hydrogen) atoms. The number of Topliss-reactive ketones (excluding diaryl/α,β-unsaturated/α-hetero) is 5. The third-order valence-electron chi connectivity index (χ3n) is 9.63. The van der Waals surface area contributed by atoms with E-state index in [0.29, 0.717) is 17.5 Å². The molecular formula is C31H40O7. The Bertz CT molecular complexity index is 1270. The summed E-state index contributed by atoms with van der Waals surface area (Å²) in [5.74, 6) is -8.45. The molecule has 7 nitrogen and oxygen atoms in total. The number of aryl methyl sites for hydroxylation is 1. The molecule has 0 spiro atoms. The summed E-state index contributed by atoms with van der Waals surface area (Å²) >= 11 is 0. The largest absolute Gasteiger partial charge is 0.507 e. The van der Waals surface area contributed by atoms with Crippen molar-refractivity contribution < 1.29 is 34.2 Å². The SMILES string of the molecule is CCCc1cc(C(C)C)c2c(c1O)C(=O)C1C(=O)[C@@]3(O)C(=O)C(C(C)=O)C(=O)C(C(C)C)[C@@]3(C)C[C@@]1(C)C2. The number of carbonyl (C=O) groups excluding carboxylic acids is 5. The second-order valence-corrected chi connectivity index (χ2v) is 13.1. The van der Waals surface area contributed by atoms with Crippen molar-refractivity contribution in [3.8, 4) is 5.75 Å². The van der Waals surface area contributed by atoms with Crippen LogP contribution < -0.4 is 0 Å². The van der Waals surface area contributed by atoms with E-state index in [-0.39, 0.29) is 36.0 Å². The first-order valence-corrected chi connectivity index (χ1v) is 13.8. The third kappa shape index (κ3) is 3.46. The van der Waals surface area contributed by atoms with Crippen LogP contribution in [0.4, 0.5) is 0 Å². The van der Waals surface area contributed by atoms with E-state index < -0.39 is 63.1 Å². The van der Waals surface area contributed by atoms with Gasteiger partial charge in [0.25, 0.3) is 0 Å². The van der Waals surface area contributed by atoms with Gasteiger partial charge >= 0.3 is 0 Å². The van der Waals surface area contributed by atoms with Gasteiger partial charge in [0.05, 0.1) is 11.5 Å². The van der Waals surface area contributed by atoms with Gasteiger partial charge in [0.15, 0.2) is 28.7 Å². The fourth-order valence-corrected chi connectivity index (χ4v) is 8.26. The number of hydrogen-bond acceptors (Lipinski definition) is 7. The Labute approximate surface area is 224 Å². The minimum Gasteiger partial charge on any atom is -0.507 e. The van der Waals surface area contributed by atoms with Gasteiger partial charge in [0, 0.05) is 11.3 Å². The Hall–Kier alpha value is -2.67. The topological polar surface area (TPSA) is 126 Å². The number of aliphatic hydroxyl groups is 1. The van der Waals surface area contributed by atoms with Crippen molar-refractivity contribution in [2.24, 2.45) is 34.5 Å². The van der Waals surface area contributed by atoms with Crippen LogP contribution in [0.2, 0.25) is 0 Å². The summed E-state index contributed by atoms with van der Waals surface area (Å²) in [6.07, 6.45) is 1.66. The lowest BCUT2D eigenvalue weighted by molar-refractivity contribution is -0.205. The number of hydrogen-bond donors (Lipinski definition) is 2. The summed E-state index contributed by atoms with van der Waals surface area (Å²) < 4.78 is 0. The quantitative estimate of drug-likeness (QED) is 0.554. The second kappa shape index (κ2) is 8.94. The highest BCUT2D eigenvalue weighted by molar-refractivity contribution is 6.32. The van der Waals surface area contributed by atoms with Crippen molar-refractivity contribution in [2.75, 3.05) is 0 Å². The molecule has 3 aliphatic rings. The molecule has 4 rings (SSSR count). The van der Waals surface area contributed by atoms with Crippen LogP contribution >= 0.6 is 0 Å². The molecular weight excluding hydrogens is 484 g/mol. The predicted molar refractivity (Wildman–Crippen MR) is 141 cm³/mol. The van der Waals surface area contributed by atoms with Crippen LogP contribution in [0, 0.1) is 34.5 Å². The zero-order valence-corrected chi connectivity index (χ0v) is 23.7. The lowest BCUT2D eigenvalue weighted by atomic mass is 9.39.